The lowest BCUT2D eigenvalue weighted by Gasteiger charge is -2.12. The van der Waals surface area contributed by atoms with Gasteiger partial charge >= 0.3 is 0 Å². The molecule has 1 N–H and O–H groups in total. The Kier molecular flexibility index (Phi) is 5.31. The highest BCUT2D eigenvalue weighted by molar-refractivity contribution is 7.13. The van der Waals surface area contributed by atoms with Crippen molar-refractivity contribution in [1.29, 1.82) is 0 Å². The largest absolute Gasteiger partial charge is 0.321 e. The number of hydrogen-bond acceptors (Lipinski definition) is 4. The maximum atomic E-state index is 12.6. The lowest BCUT2D eigenvalue weighted by Crippen LogP contribution is -2.21. The number of nitrogens with one attached hydrogen (secondary N) is 1. The van der Waals surface area contributed by atoms with Gasteiger partial charge in [0, 0.05) is 18.7 Å². The van der Waals surface area contributed by atoms with E-state index in [0.29, 0.717) is 0 Å². The van der Waals surface area contributed by atoms with Crippen LogP contribution in [0.2, 0.25) is 0 Å². The van der Waals surface area contributed by atoms with E-state index in [1.54, 1.807) is 0 Å². The Morgan fingerprint density at radius 3 is 2.67 bits per heavy atom. The van der Waals surface area contributed by atoms with Crippen molar-refractivity contribution in [3.8, 4) is 0 Å². The number of carbonyl (C=O) groups excluding carboxylic acids is 1. The number of anilines is 1. The van der Waals surface area contributed by atoms with Crippen molar-refractivity contribution < 1.29 is 4.79 Å². The molecule has 1 aliphatic heterocycles. The van der Waals surface area contributed by atoms with Crippen LogP contribution in [-0.2, 0) is 6.42 Å². The summed E-state index contributed by atoms with van der Waals surface area (Å²) in [6.07, 6.45) is 3.55. The molecule has 2 heterocycles. The molecule has 0 atom stereocenters. The third kappa shape index (κ3) is 4.02. The molecular formula is C19H25N3OS. The molecule has 1 aromatic carbocycles. The van der Waals surface area contributed by atoms with Gasteiger partial charge < -0.3 is 10.2 Å². The van der Waals surface area contributed by atoms with Crippen LogP contribution in [0.4, 0.5) is 5.69 Å². The number of benzene rings is 1. The fraction of sp³-hybridized carbons (Fsp3) is 0.474. The lowest BCUT2D eigenvalue weighted by molar-refractivity contribution is 0.103. The standard InChI is InChI=1S/C19H25N3OS/c1-13-6-7-16(12-14(13)2)21-19(23)18-15(3)20-17(24-18)8-11-22-9-4-5-10-22/h6-7,12H,4-5,8-11H2,1-3H3,(H,21,23). The van der Waals surface area contributed by atoms with E-state index in [9.17, 15) is 4.79 Å². The second-order valence-corrected chi connectivity index (χ2v) is 7.66. The first-order valence-electron chi connectivity index (χ1n) is 8.60. The molecule has 128 valence electrons. The molecule has 0 bridgehead atoms. The molecule has 1 fully saturated rings. The maximum Gasteiger partial charge on any atom is 0.267 e. The van der Waals surface area contributed by atoms with E-state index in [1.165, 1.54) is 48.4 Å². The maximum absolute atomic E-state index is 12.6. The summed E-state index contributed by atoms with van der Waals surface area (Å²) >= 11 is 1.53. The SMILES string of the molecule is Cc1ccc(NC(=O)c2sc(CCN3CCCC3)nc2C)cc1C. The first-order valence-corrected chi connectivity index (χ1v) is 9.42. The predicted octanol–water partition coefficient (Wildman–Crippen LogP) is 3.96. The molecule has 1 aromatic heterocycles. The van der Waals surface area contributed by atoms with Gasteiger partial charge in [-0.3, -0.25) is 4.79 Å². The van der Waals surface area contributed by atoms with Crippen molar-refractivity contribution in [2.75, 3.05) is 25.0 Å². The van der Waals surface area contributed by atoms with Crippen LogP contribution in [0.15, 0.2) is 18.2 Å². The predicted molar refractivity (Wildman–Crippen MR) is 100 cm³/mol. The van der Waals surface area contributed by atoms with Crippen LogP contribution >= 0.6 is 11.3 Å². The van der Waals surface area contributed by atoms with E-state index in [2.05, 4.69) is 29.0 Å². The van der Waals surface area contributed by atoms with Gasteiger partial charge in [-0.25, -0.2) is 4.98 Å². The van der Waals surface area contributed by atoms with Gasteiger partial charge in [0.25, 0.3) is 5.91 Å². The topological polar surface area (TPSA) is 45.2 Å². The molecule has 4 nitrogen and oxygen atoms in total. The Balaban J connectivity index is 1.64. The van der Waals surface area contributed by atoms with Gasteiger partial charge in [0.1, 0.15) is 4.88 Å². The van der Waals surface area contributed by atoms with E-state index in [4.69, 9.17) is 0 Å². The number of carbonyl (C=O) groups is 1. The average molecular weight is 343 g/mol. The highest BCUT2D eigenvalue weighted by atomic mass is 32.1. The zero-order chi connectivity index (χ0) is 17.1. The molecule has 0 spiro atoms. The number of likely N-dealkylation sites (tertiary alicyclic amines) is 1. The summed E-state index contributed by atoms with van der Waals surface area (Å²) in [5, 5.41) is 4.06. The van der Waals surface area contributed by atoms with Crippen LogP contribution < -0.4 is 5.32 Å². The molecule has 1 saturated heterocycles. The first kappa shape index (κ1) is 17.1. The molecule has 5 heteroatoms. The minimum atomic E-state index is -0.0549. The second-order valence-electron chi connectivity index (χ2n) is 6.57. The zero-order valence-corrected chi connectivity index (χ0v) is 15.5. The third-order valence-electron chi connectivity index (χ3n) is 4.65. The molecule has 0 saturated carbocycles. The number of aryl methyl sites for hydroxylation is 3. The Bertz CT molecular complexity index is 732. The van der Waals surface area contributed by atoms with Crippen LogP contribution in [-0.4, -0.2) is 35.4 Å². The van der Waals surface area contributed by atoms with Crippen molar-refractivity contribution in [3.63, 3.8) is 0 Å². The summed E-state index contributed by atoms with van der Waals surface area (Å²) in [6, 6.07) is 5.99. The number of thiazole rings is 1. The third-order valence-corrected chi connectivity index (χ3v) is 5.87. The van der Waals surface area contributed by atoms with Gasteiger partial charge in [-0.1, -0.05) is 6.07 Å². The minimum Gasteiger partial charge on any atom is -0.321 e. The summed E-state index contributed by atoms with van der Waals surface area (Å²) in [4.78, 5) is 20.4. The number of amides is 1. The zero-order valence-electron chi connectivity index (χ0n) is 14.7. The molecule has 1 aliphatic rings. The van der Waals surface area contributed by atoms with Crippen molar-refractivity contribution in [2.24, 2.45) is 0 Å². The molecule has 3 rings (SSSR count). The summed E-state index contributed by atoms with van der Waals surface area (Å²) in [5.74, 6) is -0.0549. The summed E-state index contributed by atoms with van der Waals surface area (Å²) < 4.78 is 0. The van der Waals surface area contributed by atoms with Crippen LogP contribution in [0, 0.1) is 20.8 Å². The molecule has 0 aliphatic carbocycles. The first-order chi connectivity index (χ1) is 11.5. The number of rotatable bonds is 5. The Hall–Kier alpha value is -1.72. The van der Waals surface area contributed by atoms with E-state index < -0.39 is 0 Å². The van der Waals surface area contributed by atoms with Gasteiger partial charge in [0.2, 0.25) is 0 Å². The monoisotopic (exact) mass is 343 g/mol. The average Bonchev–Trinajstić information content (AvgIpc) is 3.18. The van der Waals surface area contributed by atoms with Crippen LogP contribution in [0.3, 0.4) is 0 Å². The van der Waals surface area contributed by atoms with Gasteiger partial charge in [0.15, 0.2) is 0 Å². The van der Waals surface area contributed by atoms with Crippen molar-refractivity contribution in [3.05, 3.63) is 44.9 Å². The fourth-order valence-corrected chi connectivity index (χ4v) is 3.99. The van der Waals surface area contributed by atoms with Crippen LogP contribution in [0.5, 0.6) is 0 Å². The van der Waals surface area contributed by atoms with E-state index in [1.807, 2.05) is 25.1 Å². The number of aromatic nitrogens is 1. The summed E-state index contributed by atoms with van der Waals surface area (Å²) in [7, 11) is 0. The van der Waals surface area contributed by atoms with Crippen molar-refractivity contribution in [2.45, 2.75) is 40.0 Å². The summed E-state index contributed by atoms with van der Waals surface area (Å²) in [6.45, 7) is 9.49. The summed E-state index contributed by atoms with van der Waals surface area (Å²) in [5.41, 5.74) is 4.08. The van der Waals surface area contributed by atoms with E-state index in [0.717, 1.165) is 34.2 Å². The van der Waals surface area contributed by atoms with Crippen LogP contribution in [0.1, 0.15) is 44.3 Å². The van der Waals surface area contributed by atoms with Crippen molar-refractivity contribution >= 4 is 22.9 Å². The van der Waals surface area contributed by atoms with Gasteiger partial charge in [0.05, 0.1) is 10.7 Å². The molecule has 24 heavy (non-hydrogen) atoms. The van der Waals surface area contributed by atoms with E-state index in [-0.39, 0.29) is 5.91 Å². The fourth-order valence-electron chi connectivity index (χ4n) is 3.04. The molecule has 0 unspecified atom stereocenters. The Morgan fingerprint density at radius 2 is 1.96 bits per heavy atom. The number of nitrogens with zero attached hydrogens (tertiary/aromatic N) is 2. The normalized spacial score (nSPS) is 15.0. The minimum absolute atomic E-state index is 0.0549. The molecular weight excluding hydrogens is 318 g/mol. The second kappa shape index (κ2) is 7.45. The quantitative estimate of drug-likeness (QED) is 0.894. The van der Waals surface area contributed by atoms with Crippen molar-refractivity contribution in [1.82, 2.24) is 9.88 Å². The van der Waals surface area contributed by atoms with Gasteiger partial charge in [-0.2, -0.15) is 0 Å². The highest BCUT2D eigenvalue weighted by Gasteiger charge is 2.17. The highest BCUT2D eigenvalue weighted by Crippen LogP contribution is 2.22. The Morgan fingerprint density at radius 1 is 1.21 bits per heavy atom. The Labute approximate surface area is 147 Å². The molecule has 2 aromatic rings. The smallest absolute Gasteiger partial charge is 0.267 e. The van der Waals surface area contributed by atoms with Gasteiger partial charge in [-0.15, -0.1) is 11.3 Å². The molecule has 1 amide bonds. The molecule has 0 radical (unpaired) electrons. The number of hydrogen-bond donors (Lipinski definition) is 1. The van der Waals surface area contributed by atoms with Gasteiger partial charge in [-0.05, 0) is 70.0 Å². The lowest BCUT2D eigenvalue weighted by atomic mass is 10.1. The van der Waals surface area contributed by atoms with Crippen LogP contribution in [0.25, 0.3) is 0 Å². The van der Waals surface area contributed by atoms with E-state index >= 15 is 0 Å².